The third kappa shape index (κ3) is 3.97. The molecular formula is C16H22N2O3. The Bertz CT molecular complexity index is 490. The highest BCUT2D eigenvalue weighted by Gasteiger charge is 2.35. The third-order valence-corrected chi connectivity index (χ3v) is 3.97. The van der Waals surface area contributed by atoms with E-state index in [9.17, 15) is 9.59 Å². The van der Waals surface area contributed by atoms with Crippen LogP contribution < -0.4 is 5.73 Å². The van der Waals surface area contributed by atoms with Gasteiger partial charge in [0.15, 0.2) is 0 Å². The number of benzene rings is 1. The fourth-order valence-corrected chi connectivity index (χ4v) is 2.91. The van der Waals surface area contributed by atoms with Gasteiger partial charge in [-0.15, -0.1) is 0 Å². The molecule has 0 radical (unpaired) electrons. The van der Waals surface area contributed by atoms with Gasteiger partial charge in [-0.3, -0.25) is 4.79 Å². The van der Waals surface area contributed by atoms with Crippen LogP contribution in [-0.4, -0.2) is 36.6 Å². The number of primary amides is 1. The Morgan fingerprint density at radius 2 is 2.05 bits per heavy atom. The summed E-state index contributed by atoms with van der Waals surface area (Å²) in [5, 5.41) is 0. The Balaban J connectivity index is 2.08. The monoisotopic (exact) mass is 290 g/mol. The molecule has 0 aromatic heterocycles. The van der Waals surface area contributed by atoms with Gasteiger partial charge in [0, 0.05) is 19.0 Å². The third-order valence-electron chi connectivity index (χ3n) is 3.97. The molecule has 1 heterocycles. The quantitative estimate of drug-likeness (QED) is 0.919. The topological polar surface area (TPSA) is 72.6 Å². The zero-order valence-electron chi connectivity index (χ0n) is 12.3. The van der Waals surface area contributed by atoms with Crippen LogP contribution in [0.5, 0.6) is 0 Å². The zero-order chi connectivity index (χ0) is 15.2. The van der Waals surface area contributed by atoms with Crippen LogP contribution in [0.4, 0.5) is 4.79 Å². The van der Waals surface area contributed by atoms with Gasteiger partial charge in [0.25, 0.3) is 0 Å². The van der Waals surface area contributed by atoms with Crippen molar-refractivity contribution in [1.29, 1.82) is 0 Å². The number of nitrogens with two attached hydrogens (primary N) is 1. The Morgan fingerprint density at radius 3 is 2.67 bits per heavy atom. The number of rotatable bonds is 4. The molecule has 0 aliphatic carbocycles. The zero-order valence-corrected chi connectivity index (χ0v) is 12.3. The molecule has 0 unspecified atom stereocenters. The van der Waals surface area contributed by atoms with Gasteiger partial charge >= 0.3 is 6.09 Å². The number of hydrogen-bond acceptors (Lipinski definition) is 3. The highest BCUT2D eigenvalue weighted by atomic mass is 16.6. The van der Waals surface area contributed by atoms with Crippen molar-refractivity contribution in [2.45, 2.75) is 19.8 Å². The lowest BCUT2D eigenvalue weighted by Crippen LogP contribution is -2.48. The number of nitrogens with zero attached hydrogens (tertiary/aromatic N) is 1. The summed E-state index contributed by atoms with van der Waals surface area (Å²) >= 11 is 0. The molecule has 0 bridgehead atoms. The van der Waals surface area contributed by atoms with E-state index in [1.165, 1.54) is 0 Å². The van der Waals surface area contributed by atoms with E-state index >= 15 is 0 Å². The largest absolute Gasteiger partial charge is 0.450 e. The minimum atomic E-state index is -0.307. The molecular weight excluding hydrogens is 268 g/mol. The minimum Gasteiger partial charge on any atom is -0.450 e. The van der Waals surface area contributed by atoms with Crippen molar-refractivity contribution < 1.29 is 14.3 Å². The van der Waals surface area contributed by atoms with E-state index in [-0.39, 0.29) is 23.8 Å². The second-order valence-electron chi connectivity index (χ2n) is 5.39. The molecule has 2 rings (SSSR count). The first-order chi connectivity index (χ1) is 10.1. The van der Waals surface area contributed by atoms with Gasteiger partial charge in [-0.2, -0.15) is 0 Å². The molecule has 1 fully saturated rings. The van der Waals surface area contributed by atoms with E-state index < -0.39 is 0 Å². The average Bonchev–Trinajstić information content (AvgIpc) is 2.48. The highest BCUT2D eigenvalue weighted by Crippen LogP contribution is 2.27. The van der Waals surface area contributed by atoms with E-state index in [4.69, 9.17) is 10.5 Å². The maximum atomic E-state index is 11.9. The Morgan fingerprint density at radius 1 is 1.33 bits per heavy atom. The van der Waals surface area contributed by atoms with Crippen LogP contribution in [0.15, 0.2) is 30.3 Å². The lowest BCUT2D eigenvalue weighted by molar-refractivity contribution is -0.125. The molecule has 114 valence electrons. The van der Waals surface area contributed by atoms with Crippen LogP contribution >= 0.6 is 0 Å². The van der Waals surface area contributed by atoms with Crippen LogP contribution in [0, 0.1) is 11.8 Å². The number of carbonyl (C=O) groups excluding carboxylic acids is 2. The standard InChI is InChI=1S/C16H22N2O3/c1-2-21-16(20)18-9-8-14(15(17)19)13(11-18)10-12-6-4-3-5-7-12/h3-7,13-14H,2,8-11H2,1H3,(H2,17,19)/t13-,14-/m0/s1. The van der Waals surface area contributed by atoms with E-state index in [0.717, 1.165) is 12.0 Å². The molecule has 1 aromatic rings. The van der Waals surface area contributed by atoms with Crippen LogP contribution in [0.1, 0.15) is 18.9 Å². The normalized spacial score (nSPS) is 21.9. The molecule has 2 atom stereocenters. The summed E-state index contributed by atoms with van der Waals surface area (Å²) < 4.78 is 5.05. The van der Waals surface area contributed by atoms with Gasteiger partial charge in [-0.05, 0) is 31.2 Å². The van der Waals surface area contributed by atoms with Crippen LogP contribution in [0.3, 0.4) is 0 Å². The second kappa shape index (κ2) is 7.11. The Kier molecular flexibility index (Phi) is 5.20. The molecule has 0 saturated carbocycles. The number of likely N-dealkylation sites (tertiary alicyclic amines) is 1. The van der Waals surface area contributed by atoms with Crippen molar-refractivity contribution >= 4 is 12.0 Å². The maximum absolute atomic E-state index is 11.9. The first-order valence-electron chi connectivity index (χ1n) is 7.36. The van der Waals surface area contributed by atoms with Crippen molar-refractivity contribution in [2.75, 3.05) is 19.7 Å². The summed E-state index contributed by atoms with van der Waals surface area (Å²) in [5.41, 5.74) is 6.67. The van der Waals surface area contributed by atoms with Gasteiger partial charge in [0.05, 0.1) is 6.61 Å². The first-order valence-corrected chi connectivity index (χ1v) is 7.36. The molecule has 1 aliphatic rings. The molecule has 2 N–H and O–H groups in total. The summed E-state index contributed by atoms with van der Waals surface area (Å²) in [4.78, 5) is 25.2. The summed E-state index contributed by atoms with van der Waals surface area (Å²) in [6.07, 6.45) is 1.04. The van der Waals surface area contributed by atoms with Crippen molar-refractivity contribution in [3.8, 4) is 0 Å². The lowest BCUT2D eigenvalue weighted by atomic mass is 9.81. The predicted molar refractivity (Wildman–Crippen MR) is 79.5 cm³/mol. The van der Waals surface area contributed by atoms with Gasteiger partial charge in [0.1, 0.15) is 0 Å². The lowest BCUT2D eigenvalue weighted by Gasteiger charge is -2.36. The highest BCUT2D eigenvalue weighted by molar-refractivity contribution is 5.77. The van der Waals surface area contributed by atoms with Crippen molar-refractivity contribution in [3.05, 3.63) is 35.9 Å². The van der Waals surface area contributed by atoms with Gasteiger partial charge in [-0.25, -0.2) is 4.79 Å². The van der Waals surface area contributed by atoms with E-state index in [1.807, 2.05) is 30.3 Å². The SMILES string of the molecule is CCOC(=O)N1CC[C@H](C(N)=O)[C@@H](Cc2ccccc2)C1. The van der Waals surface area contributed by atoms with E-state index in [1.54, 1.807) is 11.8 Å². The molecule has 21 heavy (non-hydrogen) atoms. The van der Waals surface area contributed by atoms with Gasteiger partial charge in [0.2, 0.25) is 5.91 Å². The van der Waals surface area contributed by atoms with Crippen molar-refractivity contribution in [2.24, 2.45) is 17.6 Å². The Labute approximate surface area is 125 Å². The van der Waals surface area contributed by atoms with Crippen molar-refractivity contribution in [1.82, 2.24) is 4.90 Å². The van der Waals surface area contributed by atoms with Crippen molar-refractivity contribution in [3.63, 3.8) is 0 Å². The first kappa shape index (κ1) is 15.4. The van der Waals surface area contributed by atoms with E-state index in [2.05, 4.69) is 0 Å². The van der Waals surface area contributed by atoms with Crippen LogP contribution in [0.25, 0.3) is 0 Å². The number of ether oxygens (including phenoxy) is 1. The van der Waals surface area contributed by atoms with Gasteiger partial charge in [-0.1, -0.05) is 30.3 Å². The number of carbonyl (C=O) groups is 2. The number of piperidine rings is 1. The molecule has 0 spiro atoms. The molecule has 1 aromatic carbocycles. The van der Waals surface area contributed by atoms with Crippen LogP contribution in [-0.2, 0) is 16.0 Å². The summed E-state index contributed by atoms with van der Waals surface area (Å²) in [6.45, 7) is 3.19. The molecule has 5 nitrogen and oxygen atoms in total. The molecule has 5 heteroatoms. The fourth-order valence-electron chi connectivity index (χ4n) is 2.91. The molecule has 1 aliphatic heterocycles. The van der Waals surface area contributed by atoms with E-state index in [0.29, 0.717) is 26.1 Å². The number of hydrogen-bond donors (Lipinski definition) is 1. The predicted octanol–water partition coefficient (Wildman–Crippen LogP) is 1.81. The second-order valence-corrected chi connectivity index (χ2v) is 5.39. The number of amides is 2. The smallest absolute Gasteiger partial charge is 0.409 e. The fraction of sp³-hybridized carbons (Fsp3) is 0.500. The molecule has 2 amide bonds. The summed E-state index contributed by atoms with van der Waals surface area (Å²) in [7, 11) is 0. The van der Waals surface area contributed by atoms with Gasteiger partial charge < -0.3 is 15.4 Å². The Hall–Kier alpha value is -2.04. The average molecular weight is 290 g/mol. The maximum Gasteiger partial charge on any atom is 0.409 e. The van der Waals surface area contributed by atoms with Crippen LogP contribution in [0.2, 0.25) is 0 Å². The summed E-state index contributed by atoms with van der Waals surface area (Å²) in [5.74, 6) is -0.418. The molecule has 1 saturated heterocycles. The minimum absolute atomic E-state index is 0.0445. The summed E-state index contributed by atoms with van der Waals surface area (Å²) in [6, 6.07) is 9.96.